The van der Waals surface area contributed by atoms with E-state index in [4.69, 9.17) is 4.74 Å². The van der Waals surface area contributed by atoms with Gasteiger partial charge in [-0.25, -0.2) is 4.79 Å². The van der Waals surface area contributed by atoms with Crippen LogP contribution in [0.4, 0.5) is 0 Å². The Hall–Kier alpha value is -2.39. The number of carbonyl (C=O) groups excluding carboxylic acids is 3. The quantitative estimate of drug-likeness (QED) is 0.524. The summed E-state index contributed by atoms with van der Waals surface area (Å²) in [5.41, 5.74) is 0.477. The van der Waals surface area contributed by atoms with E-state index in [1.54, 1.807) is 23.9 Å². The molecule has 1 fully saturated rings. The molecule has 8 nitrogen and oxygen atoms in total. The van der Waals surface area contributed by atoms with Crippen LogP contribution >= 0.6 is 11.8 Å². The van der Waals surface area contributed by atoms with Crippen molar-refractivity contribution in [3.8, 4) is 0 Å². The number of carboxylic acid groups (broad SMARTS) is 1. The van der Waals surface area contributed by atoms with Crippen LogP contribution in [0.1, 0.15) is 40.0 Å². The third-order valence-electron chi connectivity index (χ3n) is 4.70. The van der Waals surface area contributed by atoms with Crippen LogP contribution in [0.5, 0.6) is 0 Å². The van der Waals surface area contributed by atoms with Crippen LogP contribution in [0.3, 0.4) is 0 Å². The normalized spacial score (nSPS) is 22.6. The molecule has 144 valence electrons. The molecule has 0 radical (unpaired) electrons. The van der Waals surface area contributed by atoms with Gasteiger partial charge in [-0.05, 0) is 31.4 Å². The van der Waals surface area contributed by atoms with Gasteiger partial charge in [0.25, 0.3) is 11.8 Å². The summed E-state index contributed by atoms with van der Waals surface area (Å²) in [4.78, 5) is 49.1. The Morgan fingerprint density at radius 2 is 1.93 bits per heavy atom. The summed E-state index contributed by atoms with van der Waals surface area (Å²) in [6.07, 6.45) is 1.26. The summed E-state index contributed by atoms with van der Waals surface area (Å²) in [6.45, 7) is 0. The van der Waals surface area contributed by atoms with Gasteiger partial charge < -0.3 is 9.84 Å². The first kappa shape index (κ1) is 19.4. The van der Waals surface area contributed by atoms with Gasteiger partial charge in [0.05, 0.1) is 23.6 Å². The summed E-state index contributed by atoms with van der Waals surface area (Å²) in [7, 11) is 1.33. The minimum atomic E-state index is -1.21. The van der Waals surface area contributed by atoms with Gasteiger partial charge in [0.2, 0.25) is 0 Å². The van der Waals surface area contributed by atoms with Crippen molar-refractivity contribution < 1.29 is 29.0 Å². The minimum Gasteiger partial charge on any atom is -0.480 e. The predicted octanol–water partition coefficient (Wildman–Crippen LogP) is 1.11. The maximum absolute atomic E-state index is 12.5. The number of benzene rings is 1. The van der Waals surface area contributed by atoms with Gasteiger partial charge in [0.1, 0.15) is 12.1 Å². The second kappa shape index (κ2) is 8.10. The van der Waals surface area contributed by atoms with Crippen LogP contribution in [-0.2, 0) is 14.3 Å². The van der Waals surface area contributed by atoms with Crippen molar-refractivity contribution >= 4 is 35.5 Å². The fourth-order valence-corrected chi connectivity index (χ4v) is 4.58. The summed E-state index contributed by atoms with van der Waals surface area (Å²) >= 11 is 1.57. The van der Waals surface area contributed by atoms with Crippen LogP contribution in [0.15, 0.2) is 24.3 Å². The fraction of sp³-hybridized carbons (Fsp3) is 0.444. The van der Waals surface area contributed by atoms with Gasteiger partial charge in [-0.2, -0.15) is 0 Å². The van der Waals surface area contributed by atoms with E-state index >= 15 is 0 Å². The Kier molecular flexibility index (Phi) is 5.81. The molecule has 0 aliphatic carbocycles. The molecule has 1 aromatic carbocycles. The number of rotatable bonds is 7. The van der Waals surface area contributed by atoms with Crippen molar-refractivity contribution in [3.05, 3.63) is 35.4 Å². The Labute approximate surface area is 160 Å². The largest absolute Gasteiger partial charge is 0.480 e. The maximum Gasteiger partial charge on any atom is 0.326 e. The van der Waals surface area contributed by atoms with Crippen LogP contribution in [0, 0.1) is 0 Å². The monoisotopic (exact) mass is 392 g/mol. The van der Waals surface area contributed by atoms with E-state index in [1.807, 2.05) is 0 Å². The van der Waals surface area contributed by atoms with Crippen molar-refractivity contribution in [1.29, 1.82) is 0 Å². The molecule has 2 aliphatic heterocycles. The fourth-order valence-electron chi connectivity index (χ4n) is 3.33. The smallest absolute Gasteiger partial charge is 0.326 e. The number of esters is 1. The highest BCUT2D eigenvalue weighted by Crippen LogP contribution is 2.28. The molecular formula is C18H20N2O6S. The van der Waals surface area contributed by atoms with Gasteiger partial charge in [-0.15, -0.1) is 11.8 Å². The summed E-state index contributed by atoms with van der Waals surface area (Å²) < 4.78 is 4.70. The Morgan fingerprint density at radius 1 is 1.30 bits per heavy atom. The topological polar surface area (TPSA) is 113 Å². The number of ether oxygens (including phenoxy) is 1. The zero-order chi connectivity index (χ0) is 19.6. The van der Waals surface area contributed by atoms with Gasteiger partial charge in [0, 0.05) is 5.75 Å². The summed E-state index contributed by atoms with van der Waals surface area (Å²) in [5.74, 6) is -2.06. The molecule has 3 atom stereocenters. The molecule has 0 aromatic heterocycles. The van der Waals surface area contributed by atoms with Crippen molar-refractivity contribution in [2.75, 3.05) is 12.9 Å². The SMILES string of the molecule is COC(=O)[C@@H]1CSC(CCC[C@@H](C(=O)O)N2C(=O)c3ccccc3C2=O)N1. The van der Waals surface area contributed by atoms with E-state index in [0.717, 1.165) is 4.90 Å². The second-order valence-electron chi connectivity index (χ2n) is 6.38. The molecule has 9 heteroatoms. The average Bonchev–Trinajstić information content (AvgIpc) is 3.23. The first-order valence-corrected chi connectivity index (χ1v) is 9.64. The first-order chi connectivity index (χ1) is 12.9. The highest BCUT2D eigenvalue weighted by atomic mass is 32.2. The summed E-state index contributed by atoms with van der Waals surface area (Å²) in [5, 5.41) is 12.7. The second-order valence-corrected chi connectivity index (χ2v) is 7.61. The molecule has 2 amide bonds. The van der Waals surface area contributed by atoms with E-state index in [0.29, 0.717) is 18.6 Å². The molecule has 1 unspecified atom stereocenters. The lowest BCUT2D eigenvalue weighted by Crippen LogP contribution is -2.45. The average molecular weight is 392 g/mol. The molecule has 2 heterocycles. The zero-order valence-electron chi connectivity index (χ0n) is 14.7. The van der Waals surface area contributed by atoms with E-state index in [9.17, 15) is 24.3 Å². The van der Waals surface area contributed by atoms with Crippen molar-refractivity contribution in [3.63, 3.8) is 0 Å². The van der Waals surface area contributed by atoms with Crippen molar-refractivity contribution in [2.24, 2.45) is 0 Å². The van der Waals surface area contributed by atoms with E-state index in [1.165, 1.54) is 19.2 Å². The number of amides is 2. The Balaban J connectivity index is 1.60. The molecule has 27 heavy (non-hydrogen) atoms. The number of imide groups is 1. The lowest BCUT2D eigenvalue weighted by Gasteiger charge is -2.23. The third kappa shape index (κ3) is 3.84. The maximum atomic E-state index is 12.5. The predicted molar refractivity (Wildman–Crippen MR) is 97.4 cm³/mol. The van der Waals surface area contributed by atoms with Crippen LogP contribution in [0.25, 0.3) is 0 Å². The number of carbonyl (C=O) groups is 4. The van der Waals surface area contributed by atoms with Gasteiger partial charge >= 0.3 is 11.9 Å². The molecule has 2 N–H and O–H groups in total. The number of methoxy groups -OCH3 is 1. The summed E-state index contributed by atoms with van der Waals surface area (Å²) in [6, 6.07) is 4.77. The third-order valence-corrected chi connectivity index (χ3v) is 6.00. The number of aliphatic carboxylic acids is 1. The number of hydrogen-bond donors (Lipinski definition) is 2. The lowest BCUT2D eigenvalue weighted by molar-refractivity contribution is -0.142. The van der Waals surface area contributed by atoms with Gasteiger partial charge in [-0.1, -0.05) is 12.1 Å². The highest BCUT2D eigenvalue weighted by molar-refractivity contribution is 8.00. The zero-order valence-corrected chi connectivity index (χ0v) is 15.5. The first-order valence-electron chi connectivity index (χ1n) is 8.59. The van der Waals surface area contributed by atoms with Crippen LogP contribution < -0.4 is 5.32 Å². The molecule has 0 bridgehead atoms. The Morgan fingerprint density at radius 3 is 2.48 bits per heavy atom. The van der Waals surface area contributed by atoms with E-state index in [2.05, 4.69) is 5.32 Å². The molecule has 1 saturated heterocycles. The van der Waals surface area contributed by atoms with Crippen LogP contribution in [0.2, 0.25) is 0 Å². The molecule has 1 aromatic rings. The van der Waals surface area contributed by atoms with E-state index < -0.39 is 23.8 Å². The Bertz CT molecular complexity index is 748. The van der Waals surface area contributed by atoms with Gasteiger partial charge in [0.15, 0.2) is 0 Å². The number of nitrogens with zero attached hydrogens (tertiary/aromatic N) is 1. The highest BCUT2D eigenvalue weighted by Gasteiger charge is 2.42. The molecule has 0 spiro atoms. The van der Waals surface area contributed by atoms with E-state index in [-0.39, 0.29) is 34.9 Å². The van der Waals surface area contributed by atoms with Crippen LogP contribution in [-0.4, -0.2) is 64.1 Å². The number of thioether (sulfide) groups is 1. The van der Waals surface area contributed by atoms with Crippen molar-refractivity contribution in [1.82, 2.24) is 10.2 Å². The van der Waals surface area contributed by atoms with Crippen molar-refractivity contribution in [2.45, 2.75) is 36.7 Å². The molecule has 3 rings (SSSR count). The number of carboxylic acids is 1. The van der Waals surface area contributed by atoms with Gasteiger partial charge in [-0.3, -0.25) is 24.6 Å². The standard InChI is InChI=1S/C18H20N2O6S/c1-26-18(25)12-9-27-14(19-12)8-4-7-13(17(23)24)20-15(21)10-5-2-3-6-11(10)16(20)22/h2-3,5-6,12-14,19H,4,7-9H2,1H3,(H,23,24)/t12-,13-,14?/m0/s1. The molecular weight excluding hydrogens is 372 g/mol. The lowest BCUT2D eigenvalue weighted by atomic mass is 10.1. The minimum absolute atomic E-state index is 0.00530. The number of hydrogen-bond acceptors (Lipinski definition) is 7. The molecule has 0 saturated carbocycles. The number of nitrogens with one attached hydrogen (secondary N) is 1. The number of fused-ring (bicyclic) bond motifs is 1. The molecule has 2 aliphatic rings.